The molecule has 0 radical (unpaired) electrons. The summed E-state index contributed by atoms with van der Waals surface area (Å²) < 4.78 is 0. The Labute approximate surface area is 89.1 Å². The number of carbonyl (C=O) groups is 1. The highest BCUT2D eigenvalue weighted by Gasteiger charge is 2.04. The molecule has 1 atom stereocenters. The predicted octanol–water partition coefficient (Wildman–Crippen LogP) is -0.0109. The molecule has 0 aromatic rings. The van der Waals surface area contributed by atoms with Gasteiger partial charge in [0.25, 0.3) is 0 Å². The van der Waals surface area contributed by atoms with Gasteiger partial charge in [0.05, 0.1) is 18.5 Å². The Bertz CT molecular complexity index is 155. The number of amides is 1. The molecular formula is C9H19NO3S. The molecule has 0 spiro atoms. The summed E-state index contributed by atoms with van der Waals surface area (Å²) >= 11 is 1.33. The molecular weight excluding hydrogens is 202 g/mol. The minimum Gasteiger partial charge on any atom is -0.394 e. The fourth-order valence-corrected chi connectivity index (χ4v) is 1.58. The minimum atomic E-state index is -0.719. The molecule has 3 N–H and O–H groups in total. The zero-order chi connectivity index (χ0) is 10.8. The summed E-state index contributed by atoms with van der Waals surface area (Å²) in [6.07, 6.45) is 1.34. The normalized spacial score (nSPS) is 12.5. The highest BCUT2D eigenvalue weighted by atomic mass is 32.2. The Morgan fingerprint density at radius 2 is 2.29 bits per heavy atom. The van der Waals surface area contributed by atoms with Crippen molar-refractivity contribution in [3.8, 4) is 0 Å². The number of aliphatic hydroxyl groups is 2. The van der Waals surface area contributed by atoms with Crippen LogP contribution < -0.4 is 5.32 Å². The first-order chi connectivity index (χ1) is 6.70. The van der Waals surface area contributed by atoms with E-state index in [1.54, 1.807) is 0 Å². The predicted molar refractivity (Wildman–Crippen MR) is 58.3 cm³/mol. The van der Waals surface area contributed by atoms with Crippen molar-refractivity contribution in [1.29, 1.82) is 0 Å². The first-order valence-electron chi connectivity index (χ1n) is 4.84. The lowest BCUT2D eigenvalue weighted by Gasteiger charge is -2.06. The van der Waals surface area contributed by atoms with Gasteiger partial charge >= 0.3 is 0 Å². The van der Waals surface area contributed by atoms with E-state index in [9.17, 15) is 4.79 Å². The molecule has 84 valence electrons. The van der Waals surface area contributed by atoms with Gasteiger partial charge < -0.3 is 15.5 Å². The average molecular weight is 221 g/mol. The van der Waals surface area contributed by atoms with Crippen molar-refractivity contribution >= 4 is 17.7 Å². The monoisotopic (exact) mass is 221 g/mol. The summed E-state index contributed by atoms with van der Waals surface area (Å²) in [5, 5.41) is 20.3. The first kappa shape index (κ1) is 13.7. The van der Waals surface area contributed by atoms with Crippen molar-refractivity contribution < 1.29 is 15.0 Å². The fraction of sp³-hybridized carbons (Fsp3) is 0.889. The van der Waals surface area contributed by atoms with Crippen LogP contribution in [0.5, 0.6) is 0 Å². The van der Waals surface area contributed by atoms with Crippen LogP contribution in [0.2, 0.25) is 0 Å². The number of carbonyl (C=O) groups excluding carboxylic acids is 1. The molecule has 0 heterocycles. The Morgan fingerprint density at radius 1 is 1.57 bits per heavy atom. The van der Waals surface area contributed by atoms with Gasteiger partial charge in [-0.2, -0.15) is 0 Å². The molecule has 0 aromatic heterocycles. The maximum absolute atomic E-state index is 11.1. The van der Waals surface area contributed by atoms with E-state index < -0.39 is 6.10 Å². The van der Waals surface area contributed by atoms with Crippen molar-refractivity contribution in [3.63, 3.8) is 0 Å². The fourth-order valence-electron chi connectivity index (χ4n) is 0.796. The topological polar surface area (TPSA) is 69.6 Å². The third kappa shape index (κ3) is 8.34. The quantitative estimate of drug-likeness (QED) is 0.504. The molecule has 0 aliphatic rings. The molecule has 5 heteroatoms. The Balaban J connectivity index is 3.26. The van der Waals surface area contributed by atoms with Gasteiger partial charge in [0.2, 0.25) is 5.91 Å². The maximum Gasteiger partial charge on any atom is 0.229 e. The molecule has 0 aliphatic carbocycles. The van der Waals surface area contributed by atoms with Gasteiger partial charge in [0.1, 0.15) is 0 Å². The highest BCUT2D eigenvalue weighted by Crippen LogP contribution is 2.01. The van der Waals surface area contributed by atoms with Crippen LogP contribution in [0.25, 0.3) is 0 Å². The van der Waals surface area contributed by atoms with Crippen molar-refractivity contribution in [1.82, 2.24) is 5.32 Å². The number of hydrogen-bond acceptors (Lipinski definition) is 4. The molecule has 0 saturated heterocycles. The standard InChI is InChI=1S/C9H19NO3S/c1-2-3-4-10-9(13)7-14-6-8(12)5-11/h8,11-12H,2-7H2,1H3,(H,10,13). The van der Waals surface area contributed by atoms with E-state index in [1.807, 2.05) is 0 Å². The maximum atomic E-state index is 11.1. The zero-order valence-corrected chi connectivity index (χ0v) is 9.35. The zero-order valence-electron chi connectivity index (χ0n) is 8.53. The average Bonchev–Trinajstić information content (AvgIpc) is 2.18. The van der Waals surface area contributed by atoms with Gasteiger partial charge in [0, 0.05) is 12.3 Å². The van der Waals surface area contributed by atoms with Crippen LogP contribution in [0.15, 0.2) is 0 Å². The minimum absolute atomic E-state index is 0.00594. The molecule has 0 saturated carbocycles. The second kappa shape index (κ2) is 9.30. The molecule has 4 nitrogen and oxygen atoms in total. The molecule has 0 rings (SSSR count). The molecule has 1 amide bonds. The molecule has 1 unspecified atom stereocenters. The molecule has 0 bridgehead atoms. The second-order valence-corrected chi connectivity index (χ2v) is 4.09. The number of aliphatic hydroxyl groups excluding tert-OH is 2. The van der Waals surface area contributed by atoms with Crippen LogP contribution in [-0.2, 0) is 4.79 Å². The summed E-state index contributed by atoms with van der Waals surface area (Å²) in [7, 11) is 0. The van der Waals surface area contributed by atoms with Crippen LogP contribution in [0.1, 0.15) is 19.8 Å². The van der Waals surface area contributed by atoms with Crippen LogP contribution in [0.4, 0.5) is 0 Å². The summed E-state index contributed by atoms with van der Waals surface area (Å²) in [5.41, 5.74) is 0. The van der Waals surface area contributed by atoms with Gasteiger partial charge in [-0.15, -0.1) is 11.8 Å². The lowest BCUT2D eigenvalue weighted by Crippen LogP contribution is -2.27. The van der Waals surface area contributed by atoms with Crippen molar-refractivity contribution in [2.24, 2.45) is 0 Å². The van der Waals surface area contributed by atoms with Crippen molar-refractivity contribution in [3.05, 3.63) is 0 Å². The number of rotatable bonds is 8. The van der Waals surface area contributed by atoms with E-state index in [-0.39, 0.29) is 12.5 Å². The molecule has 0 fully saturated rings. The van der Waals surface area contributed by atoms with Crippen LogP contribution >= 0.6 is 11.8 Å². The Hall–Kier alpha value is -0.260. The Kier molecular flexibility index (Phi) is 9.13. The Morgan fingerprint density at radius 3 is 2.86 bits per heavy atom. The number of nitrogens with one attached hydrogen (secondary N) is 1. The van der Waals surface area contributed by atoms with E-state index in [1.165, 1.54) is 11.8 Å². The van der Waals surface area contributed by atoms with E-state index in [0.717, 1.165) is 19.4 Å². The third-order valence-corrected chi connectivity index (χ3v) is 2.69. The highest BCUT2D eigenvalue weighted by molar-refractivity contribution is 7.99. The van der Waals surface area contributed by atoms with Crippen LogP contribution in [0.3, 0.4) is 0 Å². The number of hydrogen-bond donors (Lipinski definition) is 3. The molecule has 0 aromatic carbocycles. The summed E-state index contributed by atoms with van der Waals surface area (Å²) in [5.74, 6) is 0.743. The number of thioether (sulfide) groups is 1. The van der Waals surface area contributed by atoms with Gasteiger partial charge in [0.15, 0.2) is 0 Å². The molecule has 0 aliphatic heterocycles. The smallest absolute Gasteiger partial charge is 0.229 e. The van der Waals surface area contributed by atoms with Crippen molar-refractivity contribution in [2.75, 3.05) is 24.7 Å². The lowest BCUT2D eigenvalue weighted by atomic mass is 10.3. The van der Waals surface area contributed by atoms with Gasteiger partial charge in [-0.05, 0) is 6.42 Å². The van der Waals surface area contributed by atoms with Gasteiger partial charge in [-0.1, -0.05) is 13.3 Å². The van der Waals surface area contributed by atoms with Gasteiger partial charge in [-0.25, -0.2) is 0 Å². The number of unbranched alkanes of at least 4 members (excludes halogenated alkanes) is 1. The van der Waals surface area contributed by atoms with Gasteiger partial charge in [-0.3, -0.25) is 4.79 Å². The first-order valence-corrected chi connectivity index (χ1v) is 5.99. The van der Waals surface area contributed by atoms with Crippen LogP contribution in [0, 0.1) is 0 Å². The van der Waals surface area contributed by atoms with E-state index >= 15 is 0 Å². The third-order valence-electron chi connectivity index (χ3n) is 1.61. The van der Waals surface area contributed by atoms with E-state index in [2.05, 4.69) is 12.2 Å². The summed E-state index contributed by atoms with van der Waals surface area (Å²) in [6, 6.07) is 0. The van der Waals surface area contributed by atoms with Crippen molar-refractivity contribution in [2.45, 2.75) is 25.9 Å². The second-order valence-electron chi connectivity index (χ2n) is 3.06. The SMILES string of the molecule is CCCCNC(=O)CSCC(O)CO. The van der Waals surface area contributed by atoms with E-state index in [0.29, 0.717) is 11.5 Å². The lowest BCUT2D eigenvalue weighted by molar-refractivity contribution is -0.118. The summed E-state index contributed by atoms with van der Waals surface area (Å²) in [6.45, 7) is 2.54. The largest absolute Gasteiger partial charge is 0.394 e. The summed E-state index contributed by atoms with van der Waals surface area (Å²) in [4.78, 5) is 11.1. The molecule has 14 heavy (non-hydrogen) atoms. The van der Waals surface area contributed by atoms with E-state index in [4.69, 9.17) is 10.2 Å². The van der Waals surface area contributed by atoms with Crippen LogP contribution in [-0.4, -0.2) is 46.9 Å².